The van der Waals surface area contributed by atoms with Gasteiger partial charge in [0.1, 0.15) is 12.4 Å². The van der Waals surface area contributed by atoms with Gasteiger partial charge >= 0.3 is 0 Å². The van der Waals surface area contributed by atoms with Gasteiger partial charge in [0, 0.05) is 36.1 Å². The molecule has 5 nitrogen and oxygen atoms in total. The first kappa shape index (κ1) is 18.5. The highest BCUT2D eigenvalue weighted by molar-refractivity contribution is 7.11. The molecule has 0 atom stereocenters. The Hall–Kier alpha value is -1.79. The zero-order valence-corrected chi connectivity index (χ0v) is 15.6. The fourth-order valence-corrected chi connectivity index (χ4v) is 3.07. The summed E-state index contributed by atoms with van der Waals surface area (Å²) in [5.41, 5.74) is 0. The quantitative estimate of drug-likeness (QED) is 0.428. The Bertz CT molecular complexity index is 660. The van der Waals surface area contributed by atoms with Crippen LogP contribution in [-0.4, -0.2) is 37.7 Å². The molecule has 2 rings (SSSR count). The van der Waals surface area contributed by atoms with E-state index < -0.39 is 0 Å². The summed E-state index contributed by atoms with van der Waals surface area (Å²) in [5, 5.41) is 8.33. The second kappa shape index (κ2) is 10.2. The Morgan fingerprint density at radius 3 is 2.88 bits per heavy atom. The molecule has 0 radical (unpaired) electrons. The van der Waals surface area contributed by atoms with Crippen LogP contribution in [0.3, 0.4) is 0 Å². The smallest absolute Gasteiger partial charge is 0.191 e. The number of aliphatic imine (C=N–C) groups is 1. The lowest BCUT2D eigenvalue weighted by atomic mass is 10.3. The van der Waals surface area contributed by atoms with E-state index in [2.05, 4.69) is 27.5 Å². The van der Waals surface area contributed by atoms with Crippen molar-refractivity contribution in [2.75, 3.05) is 26.7 Å². The largest absolute Gasteiger partial charge is 0.492 e. The lowest BCUT2D eigenvalue weighted by Crippen LogP contribution is -2.40. The monoisotopic (exact) mass is 366 g/mol. The van der Waals surface area contributed by atoms with Crippen LogP contribution in [0, 0.1) is 0 Å². The van der Waals surface area contributed by atoms with Gasteiger partial charge in [-0.1, -0.05) is 24.6 Å². The van der Waals surface area contributed by atoms with Crippen molar-refractivity contribution in [3.05, 3.63) is 45.4 Å². The first-order chi connectivity index (χ1) is 11.7. The summed E-state index contributed by atoms with van der Waals surface area (Å²) in [7, 11) is 1.76. The fourth-order valence-electron chi connectivity index (χ4n) is 2.03. The van der Waals surface area contributed by atoms with Crippen LogP contribution in [0.15, 0.2) is 35.5 Å². The summed E-state index contributed by atoms with van der Waals surface area (Å²) in [6.45, 7) is 4.13. The van der Waals surface area contributed by atoms with Crippen molar-refractivity contribution in [2.45, 2.75) is 19.8 Å². The third-order valence-corrected chi connectivity index (χ3v) is 4.70. The summed E-state index contributed by atoms with van der Waals surface area (Å²) < 4.78 is 5.63. The number of halogens is 1. The van der Waals surface area contributed by atoms with Gasteiger partial charge in [-0.3, -0.25) is 4.99 Å². The highest BCUT2D eigenvalue weighted by atomic mass is 35.5. The molecule has 2 aromatic rings. The van der Waals surface area contributed by atoms with Crippen LogP contribution in [0.25, 0.3) is 0 Å². The molecule has 0 fully saturated rings. The Labute approximate surface area is 152 Å². The van der Waals surface area contributed by atoms with Crippen molar-refractivity contribution in [1.29, 1.82) is 0 Å². The molecule has 0 bridgehead atoms. The number of nitrogens with zero attached hydrogens (tertiary/aromatic N) is 2. The van der Waals surface area contributed by atoms with E-state index in [1.54, 1.807) is 24.5 Å². The topological polar surface area (TPSA) is 58.5 Å². The van der Waals surface area contributed by atoms with E-state index in [0.717, 1.165) is 36.1 Å². The minimum absolute atomic E-state index is 0.535. The van der Waals surface area contributed by atoms with Gasteiger partial charge in [-0.15, -0.1) is 11.3 Å². The third kappa shape index (κ3) is 6.37. The number of hydrogen-bond donors (Lipinski definition) is 2. The van der Waals surface area contributed by atoms with Gasteiger partial charge in [0.25, 0.3) is 0 Å². The average molecular weight is 367 g/mol. The summed E-state index contributed by atoms with van der Waals surface area (Å²) in [6, 6.07) is 7.38. The summed E-state index contributed by atoms with van der Waals surface area (Å²) in [5.74, 6) is 1.53. The Morgan fingerprint density at radius 2 is 2.17 bits per heavy atom. The van der Waals surface area contributed by atoms with Gasteiger partial charge in [0.15, 0.2) is 5.96 Å². The maximum Gasteiger partial charge on any atom is 0.191 e. The molecule has 0 aliphatic heterocycles. The molecule has 7 heteroatoms. The highest BCUT2D eigenvalue weighted by Gasteiger charge is 2.02. The average Bonchev–Trinajstić information content (AvgIpc) is 3.05. The van der Waals surface area contributed by atoms with E-state index in [4.69, 9.17) is 16.3 Å². The second-order valence-corrected chi connectivity index (χ2v) is 6.69. The molecular formula is C17H23ClN4OS. The Kier molecular flexibility index (Phi) is 7.85. The molecule has 0 spiro atoms. The molecule has 0 unspecified atom stereocenters. The zero-order valence-electron chi connectivity index (χ0n) is 14.0. The molecular weight excluding hydrogens is 344 g/mol. The third-order valence-electron chi connectivity index (χ3n) is 3.26. The predicted octanol–water partition coefficient (Wildman–Crippen LogP) is 3.15. The Balaban J connectivity index is 1.63. The highest BCUT2D eigenvalue weighted by Crippen LogP contribution is 2.16. The molecule has 24 heavy (non-hydrogen) atoms. The maximum absolute atomic E-state index is 5.92. The van der Waals surface area contributed by atoms with Crippen LogP contribution in [0.2, 0.25) is 5.02 Å². The lowest BCUT2D eigenvalue weighted by Gasteiger charge is -2.12. The number of aryl methyl sites for hydroxylation is 1. The SMILES string of the molecule is CCc1cnc(CCNC(=NC)NCCOc2cccc(Cl)c2)s1. The molecule has 1 heterocycles. The zero-order chi connectivity index (χ0) is 17.2. The second-order valence-electron chi connectivity index (χ2n) is 5.06. The van der Waals surface area contributed by atoms with Crippen molar-refractivity contribution >= 4 is 28.9 Å². The summed E-state index contributed by atoms with van der Waals surface area (Å²) >= 11 is 7.69. The standard InChI is InChI=1S/C17H23ClN4OS/c1-3-15-12-22-16(24-15)7-8-20-17(19-2)21-9-10-23-14-6-4-5-13(18)11-14/h4-6,11-12H,3,7-10H2,1-2H3,(H2,19,20,21). The number of aromatic nitrogens is 1. The van der Waals surface area contributed by atoms with Gasteiger partial charge in [-0.2, -0.15) is 0 Å². The number of benzene rings is 1. The summed E-state index contributed by atoms with van der Waals surface area (Å²) in [4.78, 5) is 9.94. The Morgan fingerprint density at radius 1 is 1.33 bits per heavy atom. The van der Waals surface area contributed by atoms with Crippen molar-refractivity contribution < 1.29 is 4.74 Å². The van der Waals surface area contributed by atoms with Crippen LogP contribution < -0.4 is 15.4 Å². The number of nitrogens with one attached hydrogen (secondary N) is 2. The minimum Gasteiger partial charge on any atom is -0.492 e. The van der Waals surface area contributed by atoms with E-state index in [-0.39, 0.29) is 0 Å². The van der Waals surface area contributed by atoms with Crippen molar-refractivity contribution in [3.63, 3.8) is 0 Å². The van der Waals surface area contributed by atoms with Gasteiger partial charge in [-0.25, -0.2) is 4.98 Å². The molecule has 130 valence electrons. The van der Waals surface area contributed by atoms with Crippen molar-refractivity contribution in [1.82, 2.24) is 15.6 Å². The molecule has 2 N–H and O–H groups in total. The van der Waals surface area contributed by atoms with E-state index in [9.17, 15) is 0 Å². The van der Waals surface area contributed by atoms with Gasteiger partial charge in [0.2, 0.25) is 0 Å². The molecule has 0 amide bonds. The molecule has 0 saturated carbocycles. The van der Waals surface area contributed by atoms with Crippen LogP contribution >= 0.6 is 22.9 Å². The van der Waals surface area contributed by atoms with E-state index in [0.29, 0.717) is 18.2 Å². The van der Waals surface area contributed by atoms with Crippen LogP contribution in [0.1, 0.15) is 16.8 Å². The van der Waals surface area contributed by atoms with Crippen LogP contribution in [0.5, 0.6) is 5.75 Å². The van der Waals surface area contributed by atoms with Crippen molar-refractivity contribution in [2.24, 2.45) is 4.99 Å². The fraction of sp³-hybridized carbons (Fsp3) is 0.412. The lowest BCUT2D eigenvalue weighted by molar-refractivity contribution is 0.322. The van der Waals surface area contributed by atoms with E-state index >= 15 is 0 Å². The van der Waals surface area contributed by atoms with Gasteiger partial charge in [-0.05, 0) is 24.6 Å². The molecule has 0 aliphatic rings. The van der Waals surface area contributed by atoms with E-state index in [1.807, 2.05) is 24.4 Å². The van der Waals surface area contributed by atoms with Gasteiger partial charge in [0.05, 0.1) is 11.6 Å². The molecule has 1 aromatic carbocycles. The van der Waals surface area contributed by atoms with Crippen LogP contribution in [-0.2, 0) is 12.8 Å². The number of rotatable bonds is 8. The normalized spacial score (nSPS) is 11.4. The predicted molar refractivity (Wildman–Crippen MR) is 102 cm³/mol. The first-order valence-electron chi connectivity index (χ1n) is 7.97. The number of hydrogen-bond acceptors (Lipinski definition) is 4. The van der Waals surface area contributed by atoms with Crippen molar-refractivity contribution in [3.8, 4) is 5.75 Å². The van der Waals surface area contributed by atoms with Crippen LogP contribution in [0.4, 0.5) is 0 Å². The minimum atomic E-state index is 0.535. The maximum atomic E-state index is 5.92. The molecule has 0 aliphatic carbocycles. The first-order valence-corrected chi connectivity index (χ1v) is 9.17. The van der Waals surface area contributed by atoms with E-state index in [1.165, 1.54) is 4.88 Å². The summed E-state index contributed by atoms with van der Waals surface area (Å²) in [6.07, 6.45) is 3.89. The number of ether oxygens (including phenoxy) is 1. The number of guanidine groups is 1. The van der Waals surface area contributed by atoms with Gasteiger partial charge < -0.3 is 15.4 Å². The molecule has 0 saturated heterocycles. The molecule has 1 aromatic heterocycles. The number of thiazole rings is 1.